The molecule has 36 heavy (non-hydrogen) atoms. The first kappa shape index (κ1) is 26.1. The number of para-hydroxylation sites is 1. The lowest BCUT2D eigenvalue weighted by Crippen LogP contribution is -2.45. The van der Waals surface area contributed by atoms with E-state index < -0.39 is 5.54 Å². The quantitative estimate of drug-likeness (QED) is 0.495. The Bertz CT molecular complexity index is 1010. The maximum Gasteiger partial charge on any atom is 0.227 e. The Morgan fingerprint density at radius 3 is 2.64 bits per heavy atom. The van der Waals surface area contributed by atoms with E-state index in [0.29, 0.717) is 31.2 Å². The second kappa shape index (κ2) is 12.3. The predicted molar refractivity (Wildman–Crippen MR) is 133 cm³/mol. The summed E-state index contributed by atoms with van der Waals surface area (Å²) in [5.41, 5.74) is 0.362. The minimum Gasteiger partial charge on any atom is -0.496 e. The average molecular weight is 499 g/mol. The lowest BCUT2D eigenvalue weighted by molar-refractivity contribution is -0.133. The van der Waals surface area contributed by atoms with Crippen LogP contribution in [0.1, 0.15) is 82.0 Å². The van der Waals surface area contributed by atoms with Crippen LogP contribution in [0.15, 0.2) is 28.8 Å². The van der Waals surface area contributed by atoms with Gasteiger partial charge in [-0.2, -0.15) is 4.98 Å². The molecule has 1 aromatic heterocycles. The molecule has 1 atom stereocenters. The van der Waals surface area contributed by atoms with Crippen molar-refractivity contribution in [2.24, 2.45) is 0 Å². The van der Waals surface area contributed by atoms with Gasteiger partial charge in [0.15, 0.2) is 5.82 Å². The SMILES string of the molecule is COc1ccccc1CN(CC1CCCO1)C(=O)CCc1nc(C2(NC(C)=O)CCCCCC2)no1. The summed E-state index contributed by atoms with van der Waals surface area (Å²) in [5, 5.41) is 7.34. The number of carbonyl (C=O) groups is 2. The van der Waals surface area contributed by atoms with Crippen LogP contribution >= 0.6 is 0 Å². The Labute approximate surface area is 212 Å². The molecule has 0 radical (unpaired) electrons. The Morgan fingerprint density at radius 1 is 1.17 bits per heavy atom. The molecule has 196 valence electrons. The minimum absolute atomic E-state index is 0.00203. The fourth-order valence-electron chi connectivity index (χ4n) is 5.32. The molecule has 2 aromatic rings. The summed E-state index contributed by atoms with van der Waals surface area (Å²) >= 11 is 0. The molecule has 2 fully saturated rings. The number of aromatic nitrogens is 2. The summed E-state index contributed by atoms with van der Waals surface area (Å²) in [6, 6.07) is 7.75. The highest BCUT2D eigenvalue weighted by molar-refractivity contribution is 5.76. The third-order valence-electron chi connectivity index (χ3n) is 7.18. The maximum absolute atomic E-state index is 13.4. The highest BCUT2D eigenvalue weighted by Gasteiger charge is 2.38. The maximum atomic E-state index is 13.4. The van der Waals surface area contributed by atoms with Crippen LogP contribution < -0.4 is 10.1 Å². The molecule has 1 aromatic carbocycles. The first-order valence-corrected chi connectivity index (χ1v) is 13.1. The monoisotopic (exact) mass is 498 g/mol. The van der Waals surface area contributed by atoms with Crippen LogP contribution in [-0.4, -0.2) is 53.2 Å². The third-order valence-corrected chi connectivity index (χ3v) is 7.18. The van der Waals surface area contributed by atoms with Gasteiger partial charge in [0.05, 0.1) is 13.2 Å². The minimum atomic E-state index is -0.593. The van der Waals surface area contributed by atoms with E-state index >= 15 is 0 Å². The van der Waals surface area contributed by atoms with Crippen LogP contribution in [0.4, 0.5) is 0 Å². The van der Waals surface area contributed by atoms with Crippen LogP contribution in [0, 0.1) is 0 Å². The smallest absolute Gasteiger partial charge is 0.227 e. The highest BCUT2D eigenvalue weighted by Crippen LogP contribution is 2.34. The summed E-state index contributed by atoms with van der Waals surface area (Å²) in [7, 11) is 1.64. The molecule has 1 unspecified atom stereocenters. The average Bonchev–Trinajstić information content (AvgIpc) is 3.51. The van der Waals surface area contributed by atoms with E-state index in [1.807, 2.05) is 29.2 Å². The number of nitrogens with one attached hydrogen (secondary N) is 1. The van der Waals surface area contributed by atoms with E-state index in [1.165, 1.54) is 6.92 Å². The van der Waals surface area contributed by atoms with E-state index in [0.717, 1.165) is 69.3 Å². The molecule has 1 saturated heterocycles. The van der Waals surface area contributed by atoms with Crippen molar-refractivity contribution in [3.05, 3.63) is 41.5 Å². The second-order valence-electron chi connectivity index (χ2n) is 9.91. The lowest BCUT2D eigenvalue weighted by atomic mass is 9.89. The summed E-state index contributed by atoms with van der Waals surface area (Å²) in [5.74, 6) is 1.60. The zero-order valence-corrected chi connectivity index (χ0v) is 21.5. The summed E-state index contributed by atoms with van der Waals surface area (Å²) in [4.78, 5) is 31.8. The van der Waals surface area contributed by atoms with Crippen molar-refractivity contribution in [1.82, 2.24) is 20.4 Å². The first-order chi connectivity index (χ1) is 17.5. The van der Waals surface area contributed by atoms with Crippen molar-refractivity contribution in [2.45, 2.75) is 89.3 Å². The van der Waals surface area contributed by atoms with Crippen LogP contribution in [0.25, 0.3) is 0 Å². The second-order valence-corrected chi connectivity index (χ2v) is 9.91. The van der Waals surface area contributed by atoms with Gasteiger partial charge in [0, 0.05) is 45.0 Å². The Balaban J connectivity index is 1.44. The van der Waals surface area contributed by atoms with Crippen molar-refractivity contribution >= 4 is 11.8 Å². The number of aryl methyl sites for hydroxylation is 1. The molecule has 9 heteroatoms. The summed E-state index contributed by atoms with van der Waals surface area (Å²) < 4.78 is 16.9. The molecule has 0 spiro atoms. The fourth-order valence-corrected chi connectivity index (χ4v) is 5.32. The number of hydrogen-bond acceptors (Lipinski definition) is 7. The highest BCUT2D eigenvalue weighted by atomic mass is 16.5. The number of rotatable bonds is 10. The van der Waals surface area contributed by atoms with Gasteiger partial charge in [-0.15, -0.1) is 0 Å². The lowest BCUT2D eigenvalue weighted by Gasteiger charge is -2.30. The van der Waals surface area contributed by atoms with Gasteiger partial charge in [-0.3, -0.25) is 9.59 Å². The molecule has 2 aliphatic rings. The number of amides is 2. The first-order valence-electron chi connectivity index (χ1n) is 13.1. The molecule has 1 aliphatic carbocycles. The third kappa shape index (κ3) is 6.63. The van der Waals surface area contributed by atoms with Crippen LogP contribution in [0.2, 0.25) is 0 Å². The summed E-state index contributed by atoms with van der Waals surface area (Å²) in [6.07, 6.45) is 8.46. The fraction of sp³-hybridized carbons (Fsp3) is 0.630. The van der Waals surface area contributed by atoms with Crippen molar-refractivity contribution in [3.63, 3.8) is 0 Å². The molecule has 1 N–H and O–H groups in total. The van der Waals surface area contributed by atoms with E-state index in [-0.39, 0.29) is 24.3 Å². The number of carbonyl (C=O) groups excluding carboxylic acids is 2. The molecule has 1 saturated carbocycles. The standard InChI is InChI=1S/C27H38N4O5/c1-20(32)29-27(15-7-3-4-8-16-27)26-28-24(36-30-26)13-14-25(33)31(19-22-11-9-17-35-22)18-21-10-5-6-12-23(21)34-2/h5-6,10,12,22H,3-4,7-9,11,13-19H2,1-2H3,(H,29,32). The predicted octanol–water partition coefficient (Wildman–Crippen LogP) is 3.90. The van der Waals surface area contributed by atoms with Crippen LogP contribution in [0.5, 0.6) is 5.75 Å². The number of benzene rings is 1. The van der Waals surface area contributed by atoms with Gasteiger partial charge in [0.1, 0.15) is 11.3 Å². The van der Waals surface area contributed by atoms with E-state index in [4.69, 9.17) is 14.0 Å². The van der Waals surface area contributed by atoms with Crippen molar-refractivity contribution in [3.8, 4) is 5.75 Å². The van der Waals surface area contributed by atoms with Crippen molar-refractivity contribution in [2.75, 3.05) is 20.3 Å². The van der Waals surface area contributed by atoms with Crippen molar-refractivity contribution in [1.29, 1.82) is 0 Å². The Hall–Kier alpha value is -2.94. The van der Waals surface area contributed by atoms with Gasteiger partial charge in [-0.1, -0.05) is 49.0 Å². The van der Waals surface area contributed by atoms with E-state index in [2.05, 4.69) is 15.5 Å². The normalized spacial score (nSPS) is 19.4. The van der Waals surface area contributed by atoms with Crippen LogP contribution in [-0.2, 0) is 32.8 Å². The van der Waals surface area contributed by atoms with Gasteiger partial charge in [0.2, 0.25) is 17.7 Å². The zero-order chi connectivity index (χ0) is 25.4. The number of nitrogens with zero attached hydrogens (tertiary/aromatic N) is 3. The zero-order valence-electron chi connectivity index (χ0n) is 21.5. The molecule has 4 rings (SSSR count). The molecular weight excluding hydrogens is 460 g/mol. The number of ether oxygens (including phenoxy) is 2. The van der Waals surface area contributed by atoms with Crippen molar-refractivity contribution < 1.29 is 23.6 Å². The molecule has 2 amide bonds. The van der Waals surface area contributed by atoms with Gasteiger partial charge in [-0.25, -0.2) is 0 Å². The van der Waals surface area contributed by atoms with Gasteiger partial charge in [-0.05, 0) is 31.7 Å². The summed E-state index contributed by atoms with van der Waals surface area (Å²) in [6.45, 7) is 3.25. The van der Waals surface area contributed by atoms with Crippen LogP contribution in [0.3, 0.4) is 0 Å². The molecule has 9 nitrogen and oxygen atoms in total. The topological polar surface area (TPSA) is 107 Å². The number of methoxy groups -OCH3 is 1. The van der Waals surface area contributed by atoms with E-state index in [9.17, 15) is 9.59 Å². The van der Waals surface area contributed by atoms with Gasteiger partial charge >= 0.3 is 0 Å². The largest absolute Gasteiger partial charge is 0.496 e. The molecule has 0 bridgehead atoms. The molecule has 2 heterocycles. The molecular formula is C27H38N4O5. The van der Waals surface area contributed by atoms with E-state index in [1.54, 1.807) is 7.11 Å². The Kier molecular flexibility index (Phi) is 8.96. The Morgan fingerprint density at radius 2 is 1.94 bits per heavy atom. The van der Waals surface area contributed by atoms with Gasteiger partial charge < -0.3 is 24.2 Å². The number of hydrogen-bond donors (Lipinski definition) is 1. The van der Waals surface area contributed by atoms with Gasteiger partial charge in [0.25, 0.3) is 0 Å². The molecule has 1 aliphatic heterocycles.